The maximum atomic E-state index is 2.94. The van der Waals surface area contributed by atoms with E-state index in [9.17, 15) is 0 Å². The van der Waals surface area contributed by atoms with E-state index in [0.29, 0.717) is 0 Å². The maximum absolute atomic E-state index is 3.25. The van der Waals surface area contributed by atoms with Crippen molar-refractivity contribution < 1.29 is 20.5 Å². The van der Waals surface area contributed by atoms with Crippen molar-refractivity contribution in [1.82, 2.24) is 5.78 Å². The normalized spacial score (nSPS) is 17.9. The van der Waals surface area contributed by atoms with Crippen molar-refractivity contribution in [3.63, 3.8) is 0 Å². The van der Waals surface area contributed by atoms with Crippen molar-refractivity contribution in [3.05, 3.63) is 42.1 Å². The van der Waals surface area contributed by atoms with Crippen molar-refractivity contribution in [3.8, 4) is 0 Å². The Morgan fingerprint density at radius 3 is 1.32 bits per heavy atom. The van der Waals surface area contributed by atoms with E-state index in [0.717, 1.165) is 0 Å². The van der Waals surface area contributed by atoms with Gasteiger partial charge in [0.05, 0.1) is 0 Å². The first-order valence-electron chi connectivity index (χ1n) is 10.4. The van der Waals surface area contributed by atoms with Gasteiger partial charge in [-0.2, -0.15) is 0 Å². The molecule has 0 saturated carbocycles. The Balaban J connectivity index is 2.80. The van der Waals surface area contributed by atoms with Crippen LogP contribution in [0, 0.1) is 0 Å². The van der Waals surface area contributed by atoms with Gasteiger partial charge in [-0.05, 0) is 0 Å². The Morgan fingerprint density at radius 2 is 1.04 bits per heavy atom. The molecule has 25 heavy (non-hydrogen) atoms. The molecular formula is C22H38HfN2. The summed E-state index contributed by atoms with van der Waals surface area (Å²) in [5.74, 6) is 0. The van der Waals surface area contributed by atoms with Gasteiger partial charge in [-0.3, -0.25) is 0 Å². The predicted octanol–water partition coefficient (Wildman–Crippen LogP) is 5.90. The quantitative estimate of drug-likeness (QED) is 0.339. The molecule has 0 aliphatic heterocycles. The van der Waals surface area contributed by atoms with Crippen LogP contribution in [-0.4, -0.2) is 32.0 Å². The van der Waals surface area contributed by atoms with Gasteiger partial charge >= 0.3 is 162 Å². The molecule has 0 amide bonds. The summed E-state index contributed by atoms with van der Waals surface area (Å²) < 4.78 is 9.59. The predicted molar refractivity (Wildman–Crippen MR) is 108 cm³/mol. The van der Waals surface area contributed by atoms with Crippen molar-refractivity contribution in [2.45, 2.75) is 67.2 Å². The minimum absolute atomic E-state index is 1.18. The molecule has 2 aliphatic carbocycles. The first-order valence-corrected chi connectivity index (χ1v) is 17.2. The van der Waals surface area contributed by atoms with Gasteiger partial charge in [0.25, 0.3) is 0 Å². The first kappa shape index (κ1) is 21.1. The van der Waals surface area contributed by atoms with E-state index in [1.54, 1.807) is 11.1 Å². The zero-order valence-corrected chi connectivity index (χ0v) is 21.0. The Kier molecular flexibility index (Phi) is 8.10. The molecule has 2 rings (SSSR count). The summed E-state index contributed by atoms with van der Waals surface area (Å²) >= 11 is -3.25. The minimum atomic E-state index is -3.25. The summed E-state index contributed by atoms with van der Waals surface area (Å²) in [6, 6.07) is 0. The third-order valence-corrected chi connectivity index (χ3v) is 27.0. The molecule has 0 bridgehead atoms. The molecule has 0 aromatic carbocycles. The molecule has 0 aromatic heterocycles. The van der Waals surface area contributed by atoms with E-state index < -0.39 is 20.5 Å². The molecule has 0 radical (unpaired) electrons. The molecular weight excluding hydrogens is 471 g/mol. The molecule has 2 nitrogen and oxygen atoms in total. The van der Waals surface area contributed by atoms with Gasteiger partial charge in [0.15, 0.2) is 0 Å². The Hall–Kier alpha value is -0.250. The van der Waals surface area contributed by atoms with E-state index >= 15 is 0 Å². The monoisotopic (exact) mass is 510 g/mol. The fourth-order valence-corrected chi connectivity index (χ4v) is 27.8. The molecule has 0 heterocycles. The summed E-state index contributed by atoms with van der Waals surface area (Å²) in [5, 5.41) is 0. The Labute approximate surface area is 161 Å². The van der Waals surface area contributed by atoms with Crippen molar-refractivity contribution in [1.29, 1.82) is 0 Å². The Morgan fingerprint density at radius 1 is 0.680 bits per heavy atom. The molecule has 0 fully saturated rings. The van der Waals surface area contributed by atoms with Crippen molar-refractivity contribution in [2.24, 2.45) is 0 Å². The van der Waals surface area contributed by atoms with Gasteiger partial charge in [0, 0.05) is 0 Å². The molecule has 0 atom stereocenters. The standard InChI is InChI=1S/2C7H9.2C4H10N.Hf/c2*1-2-7-5-3-4-6-7;2*1-3-5-4-2;/h2*3,5H,2,4H2,1H3;2*3-4H2,1-2H3;/q;;2*-1;+2. The van der Waals surface area contributed by atoms with Crippen LogP contribution >= 0.6 is 0 Å². The number of allylic oxidation sites excluding steroid dienone is 8. The summed E-state index contributed by atoms with van der Waals surface area (Å²) in [6.45, 7) is 18.9. The molecule has 0 N–H and O–H groups in total. The van der Waals surface area contributed by atoms with Gasteiger partial charge < -0.3 is 0 Å². The first-order chi connectivity index (χ1) is 12.1. The number of nitrogens with zero attached hydrogens (tertiary/aromatic N) is 2. The van der Waals surface area contributed by atoms with Crippen LogP contribution in [0.4, 0.5) is 0 Å². The SMILES string of the molecule is CCC1=[C]([Hf]([C]2=C(CC)C=CC2)([N](CC)CC)[N](CC)CC)CC=C1. The third-order valence-electron chi connectivity index (χ3n) is 6.10. The average molecular weight is 509 g/mol. The van der Waals surface area contributed by atoms with Gasteiger partial charge in [-0.25, -0.2) is 0 Å². The Bertz CT molecular complexity index is 523. The molecule has 0 spiro atoms. The van der Waals surface area contributed by atoms with Crippen LogP contribution in [-0.2, 0) is 20.5 Å². The summed E-state index contributed by atoms with van der Waals surface area (Å²) in [6.07, 6.45) is 14.5. The van der Waals surface area contributed by atoms with Gasteiger partial charge in [-0.1, -0.05) is 0 Å². The van der Waals surface area contributed by atoms with Gasteiger partial charge in [0.2, 0.25) is 0 Å². The summed E-state index contributed by atoms with van der Waals surface area (Å²) in [4.78, 5) is 0. The zero-order valence-electron chi connectivity index (χ0n) is 17.4. The van der Waals surface area contributed by atoms with Gasteiger partial charge in [0.1, 0.15) is 0 Å². The summed E-state index contributed by atoms with van der Waals surface area (Å²) in [5.41, 5.74) is 3.30. The van der Waals surface area contributed by atoms with Crippen molar-refractivity contribution in [2.75, 3.05) is 26.2 Å². The average Bonchev–Trinajstić information content (AvgIpc) is 3.31. The van der Waals surface area contributed by atoms with E-state index in [-0.39, 0.29) is 0 Å². The number of hydrogen-bond acceptors (Lipinski definition) is 2. The zero-order chi connectivity index (χ0) is 18.4. The van der Waals surface area contributed by atoms with Gasteiger partial charge in [-0.15, -0.1) is 0 Å². The van der Waals surface area contributed by atoms with E-state index in [1.807, 2.05) is 6.66 Å². The van der Waals surface area contributed by atoms with Crippen LogP contribution < -0.4 is 0 Å². The summed E-state index contributed by atoms with van der Waals surface area (Å²) in [7, 11) is 0. The molecule has 0 aromatic rings. The fourth-order valence-electron chi connectivity index (χ4n) is 5.00. The second-order valence-electron chi connectivity index (χ2n) is 6.94. The van der Waals surface area contributed by atoms with Crippen LogP contribution in [0.2, 0.25) is 0 Å². The topological polar surface area (TPSA) is 6.48 Å². The van der Waals surface area contributed by atoms with Crippen LogP contribution in [0.1, 0.15) is 67.2 Å². The molecule has 2 aliphatic rings. The molecule has 0 unspecified atom stereocenters. The van der Waals surface area contributed by atoms with E-state index in [1.165, 1.54) is 51.9 Å². The van der Waals surface area contributed by atoms with E-state index in [2.05, 4.69) is 71.6 Å². The fraction of sp³-hybridized carbons (Fsp3) is 0.636. The third kappa shape index (κ3) is 3.61. The van der Waals surface area contributed by atoms with Crippen LogP contribution in [0.3, 0.4) is 0 Å². The number of hydrogen-bond donors (Lipinski definition) is 0. The molecule has 140 valence electrons. The van der Waals surface area contributed by atoms with Crippen LogP contribution in [0.25, 0.3) is 0 Å². The second kappa shape index (κ2) is 9.62. The number of rotatable bonds is 10. The second-order valence-corrected chi connectivity index (χ2v) is 20.7. The van der Waals surface area contributed by atoms with Crippen molar-refractivity contribution >= 4 is 0 Å². The van der Waals surface area contributed by atoms with Crippen LogP contribution in [0.15, 0.2) is 42.1 Å². The molecule has 3 heteroatoms. The van der Waals surface area contributed by atoms with E-state index in [4.69, 9.17) is 0 Å². The van der Waals surface area contributed by atoms with Crippen LogP contribution in [0.5, 0.6) is 0 Å². The molecule has 0 saturated heterocycles.